The first kappa shape index (κ1) is 18.3. The molecule has 3 rings (SSSR count). The molecule has 0 aromatic heterocycles. The lowest BCUT2D eigenvalue weighted by Crippen LogP contribution is -2.24. The van der Waals surface area contributed by atoms with E-state index in [2.05, 4.69) is 10.2 Å². The first-order valence-corrected chi connectivity index (χ1v) is 9.35. The lowest BCUT2D eigenvalue weighted by Gasteiger charge is -2.19. The second-order valence-electron chi connectivity index (χ2n) is 6.98. The second kappa shape index (κ2) is 8.77. The number of carbonyl (C=O) groups is 2. The van der Waals surface area contributed by atoms with Crippen molar-refractivity contribution < 1.29 is 9.59 Å². The van der Waals surface area contributed by atoms with Crippen molar-refractivity contribution in [3.05, 3.63) is 65.2 Å². The molecule has 0 atom stereocenters. The number of carbonyl (C=O) groups excluding carboxylic acids is 2. The van der Waals surface area contributed by atoms with Crippen LogP contribution in [0.2, 0.25) is 0 Å². The smallest absolute Gasteiger partial charge is 0.255 e. The molecule has 2 aromatic carbocycles. The largest absolute Gasteiger partial charge is 0.322 e. The highest BCUT2D eigenvalue weighted by Gasteiger charge is 2.11. The van der Waals surface area contributed by atoms with E-state index in [0.717, 1.165) is 19.6 Å². The van der Waals surface area contributed by atoms with Crippen LogP contribution in [0.25, 0.3) is 0 Å². The SMILES string of the molecule is CC(=O)c1cccc(NC(=O)c2ccc(CN3CCCCCC3)cc2)c1. The molecule has 4 heteroatoms. The Kier molecular flexibility index (Phi) is 6.18. The summed E-state index contributed by atoms with van der Waals surface area (Å²) in [6.45, 7) is 4.79. The summed E-state index contributed by atoms with van der Waals surface area (Å²) in [6.07, 6.45) is 5.22. The molecule has 1 aliphatic heterocycles. The van der Waals surface area contributed by atoms with Gasteiger partial charge in [0.1, 0.15) is 0 Å². The molecule has 2 aromatic rings. The van der Waals surface area contributed by atoms with Crippen LogP contribution in [0.1, 0.15) is 58.9 Å². The molecule has 0 radical (unpaired) electrons. The van der Waals surface area contributed by atoms with Crippen molar-refractivity contribution in [2.45, 2.75) is 39.2 Å². The van der Waals surface area contributed by atoms with E-state index in [1.54, 1.807) is 24.3 Å². The van der Waals surface area contributed by atoms with E-state index in [-0.39, 0.29) is 11.7 Å². The number of nitrogens with zero attached hydrogens (tertiary/aromatic N) is 1. The van der Waals surface area contributed by atoms with Gasteiger partial charge in [0.15, 0.2) is 5.78 Å². The number of hydrogen-bond acceptors (Lipinski definition) is 3. The van der Waals surface area contributed by atoms with E-state index in [9.17, 15) is 9.59 Å². The first-order chi connectivity index (χ1) is 12.6. The summed E-state index contributed by atoms with van der Waals surface area (Å²) in [5, 5.41) is 2.86. The fraction of sp³-hybridized carbons (Fsp3) is 0.364. The number of amides is 1. The number of ketones is 1. The van der Waals surface area contributed by atoms with Crippen molar-refractivity contribution >= 4 is 17.4 Å². The summed E-state index contributed by atoms with van der Waals surface area (Å²) < 4.78 is 0. The maximum atomic E-state index is 12.4. The van der Waals surface area contributed by atoms with Crippen molar-refractivity contribution in [1.82, 2.24) is 4.90 Å². The quantitative estimate of drug-likeness (QED) is 0.807. The molecule has 0 unspecified atom stereocenters. The lowest BCUT2D eigenvalue weighted by atomic mass is 10.1. The topological polar surface area (TPSA) is 49.4 Å². The van der Waals surface area contributed by atoms with E-state index in [1.165, 1.54) is 38.2 Å². The van der Waals surface area contributed by atoms with Crippen LogP contribution in [0, 0.1) is 0 Å². The zero-order valence-corrected chi connectivity index (χ0v) is 15.3. The van der Waals surface area contributed by atoms with Gasteiger partial charge >= 0.3 is 0 Å². The van der Waals surface area contributed by atoms with Crippen LogP contribution in [0.3, 0.4) is 0 Å². The number of benzene rings is 2. The predicted molar refractivity (Wildman–Crippen MR) is 105 cm³/mol. The highest BCUT2D eigenvalue weighted by atomic mass is 16.1. The monoisotopic (exact) mass is 350 g/mol. The minimum absolute atomic E-state index is 0.0148. The summed E-state index contributed by atoms with van der Waals surface area (Å²) in [4.78, 5) is 26.4. The summed E-state index contributed by atoms with van der Waals surface area (Å²) >= 11 is 0. The highest BCUT2D eigenvalue weighted by molar-refractivity contribution is 6.05. The van der Waals surface area contributed by atoms with Gasteiger partial charge in [-0.05, 0) is 62.7 Å². The molecule has 1 fully saturated rings. The fourth-order valence-electron chi connectivity index (χ4n) is 3.33. The molecule has 1 amide bonds. The molecule has 0 spiro atoms. The zero-order valence-electron chi connectivity index (χ0n) is 15.3. The number of likely N-dealkylation sites (tertiary alicyclic amines) is 1. The van der Waals surface area contributed by atoms with Gasteiger partial charge in [-0.25, -0.2) is 0 Å². The summed E-state index contributed by atoms with van der Waals surface area (Å²) in [6, 6.07) is 14.8. The number of hydrogen-bond donors (Lipinski definition) is 1. The van der Waals surface area contributed by atoms with E-state index in [0.29, 0.717) is 16.8 Å². The van der Waals surface area contributed by atoms with Gasteiger partial charge in [-0.2, -0.15) is 0 Å². The minimum Gasteiger partial charge on any atom is -0.322 e. The number of anilines is 1. The van der Waals surface area contributed by atoms with Gasteiger partial charge in [0.25, 0.3) is 5.91 Å². The van der Waals surface area contributed by atoms with Crippen LogP contribution in [-0.2, 0) is 6.54 Å². The molecule has 0 bridgehead atoms. The summed E-state index contributed by atoms with van der Waals surface area (Å²) in [7, 11) is 0. The van der Waals surface area contributed by atoms with Gasteiger partial charge in [-0.3, -0.25) is 14.5 Å². The predicted octanol–water partition coefficient (Wildman–Crippen LogP) is 4.52. The molecule has 4 nitrogen and oxygen atoms in total. The third-order valence-electron chi connectivity index (χ3n) is 4.85. The molecule has 1 aliphatic rings. The Morgan fingerprint density at radius 3 is 2.27 bits per heavy atom. The number of rotatable bonds is 5. The Bertz CT molecular complexity index is 760. The van der Waals surface area contributed by atoms with Crippen molar-refractivity contribution in [1.29, 1.82) is 0 Å². The van der Waals surface area contributed by atoms with Gasteiger partial charge in [0.05, 0.1) is 0 Å². The molecule has 1 saturated heterocycles. The molecular weight excluding hydrogens is 324 g/mol. The Hall–Kier alpha value is -2.46. The van der Waals surface area contributed by atoms with Crippen molar-refractivity contribution in [2.24, 2.45) is 0 Å². The minimum atomic E-state index is -0.160. The van der Waals surface area contributed by atoms with Crippen molar-refractivity contribution in [3.63, 3.8) is 0 Å². The second-order valence-corrected chi connectivity index (χ2v) is 6.98. The number of Topliss-reactive ketones (excluding diaryl/α,β-unsaturated/α-hetero) is 1. The maximum Gasteiger partial charge on any atom is 0.255 e. The van der Waals surface area contributed by atoms with Crippen LogP contribution in [0.5, 0.6) is 0 Å². The Morgan fingerprint density at radius 1 is 0.923 bits per heavy atom. The Labute approximate surface area is 155 Å². The maximum absolute atomic E-state index is 12.4. The van der Waals surface area contributed by atoms with Crippen LogP contribution < -0.4 is 5.32 Å². The van der Waals surface area contributed by atoms with Crippen molar-refractivity contribution in [3.8, 4) is 0 Å². The van der Waals surface area contributed by atoms with Crippen molar-refractivity contribution in [2.75, 3.05) is 18.4 Å². The first-order valence-electron chi connectivity index (χ1n) is 9.35. The zero-order chi connectivity index (χ0) is 18.4. The Morgan fingerprint density at radius 2 is 1.62 bits per heavy atom. The van der Waals surface area contributed by atoms with Crippen LogP contribution in [0.15, 0.2) is 48.5 Å². The molecule has 26 heavy (non-hydrogen) atoms. The third kappa shape index (κ3) is 5.02. The van der Waals surface area contributed by atoms with Gasteiger partial charge in [-0.15, -0.1) is 0 Å². The summed E-state index contributed by atoms with van der Waals surface area (Å²) in [5.74, 6) is -0.175. The lowest BCUT2D eigenvalue weighted by molar-refractivity contribution is 0.101. The fourth-order valence-corrected chi connectivity index (χ4v) is 3.33. The molecule has 1 heterocycles. The average Bonchev–Trinajstić information content (AvgIpc) is 2.91. The van der Waals surface area contributed by atoms with Gasteiger partial charge in [0.2, 0.25) is 0 Å². The number of nitrogens with one attached hydrogen (secondary N) is 1. The van der Waals surface area contributed by atoms with E-state index < -0.39 is 0 Å². The molecular formula is C22H26N2O2. The van der Waals surface area contributed by atoms with Gasteiger partial charge < -0.3 is 5.32 Å². The third-order valence-corrected chi connectivity index (χ3v) is 4.85. The standard InChI is InChI=1S/C22H26N2O2/c1-17(25)20-7-6-8-21(15-20)23-22(26)19-11-9-18(10-12-19)16-24-13-4-2-3-5-14-24/h6-12,15H,2-5,13-14,16H2,1H3,(H,23,26). The van der Waals surface area contributed by atoms with E-state index >= 15 is 0 Å². The van der Waals surface area contributed by atoms with E-state index in [4.69, 9.17) is 0 Å². The van der Waals surface area contributed by atoms with Crippen LogP contribution in [-0.4, -0.2) is 29.7 Å². The Balaban J connectivity index is 1.61. The van der Waals surface area contributed by atoms with Crippen LogP contribution in [0.4, 0.5) is 5.69 Å². The molecule has 0 saturated carbocycles. The summed E-state index contributed by atoms with van der Waals surface area (Å²) in [5.41, 5.74) is 3.09. The van der Waals surface area contributed by atoms with Gasteiger partial charge in [-0.1, -0.05) is 37.1 Å². The van der Waals surface area contributed by atoms with Gasteiger partial charge in [0, 0.05) is 23.4 Å². The molecule has 136 valence electrons. The molecule has 0 aliphatic carbocycles. The normalized spacial score (nSPS) is 15.3. The highest BCUT2D eigenvalue weighted by Crippen LogP contribution is 2.16. The molecule has 1 N–H and O–H groups in total. The average molecular weight is 350 g/mol. The van der Waals surface area contributed by atoms with Crippen LogP contribution >= 0.6 is 0 Å². The van der Waals surface area contributed by atoms with E-state index in [1.807, 2.05) is 24.3 Å².